The fourth-order valence-corrected chi connectivity index (χ4v) is 3.85. The Balaban J connectivity index is 1.80. The van der Waals surface area contributed by atoms with Crippen molar-refractivity contribution in [2.75, 3.05) is 45.8 Å². The number of piperazine rings is 1. The molecule has 2 rings (SSSR count). The van der Waals surface area contributed by atoms with Crippen LogP contribution in [0.2, 0.25) is 0 Å². The molecule has 2 unspecified atom stereocenters. The van der Waals surface area contributed by atoms with Crippen molar-refractivity contribution in [2.24, 2.45) is 23.0 Å². The van der Waals surface area contributed by atoms with E-state index in [0.29, 0.717) is 31.5 Å². The predicted molar refractivity (Wildman–Crippen MR) is 100.0 cm³/mol. The maximum Gasteiger partial charge on any atom is 0.240 e. The van der Waals surface area contributed by atoms with Crippen molar-refractivity contribution < 1.29 is 9.59 Å². The predicted octanol–water partition coefficient (Wildman–Crippen LogP) is 1.01. The fourth-order valence-electron chi connectivity index (χ4n) is 3.85. The van der Waals surface area contributed by atoms with E-state index >= 15 is 0 Å². The van der Waals surface area contributed by atoms with Crippen LogP contribution in [-0.4, -0.2) is 78.4 Å². The van der Waals surface area contributed by atoms with Crippen LogP contribution < -0.4 is 5.73 Å². The normalized spacial score (nSPS) is 27.3. The molecule has 0 aromatic rings. The van der Waals surface area contributed by atoms with Gasteiger partial charge in [-0.25, -0.2) is 0 Å². The second-order valence-electron chi connectivity index (χ2n) is 9.19. The number of nitrogens with two attached hydrogens (primary N) is 1. The van der Waals surface area contributed by atoms with E-state index in [4.69, 9.17) is 5.73 Å². The molecule has 2 saturated heterocycles. The van der Waals surface area contributed by atoms with E-state index in [-0.39, 0.29) is 17.2 Å². The van der Waals surface area contributed by atoms with Crippen molar-refractivity contribution >= 4 is 11.8 Å². The second-order valence-corrected chi connectivity index (χ2v) is 9.19. The molecule has 2 heterocycles. The molecular weight excluding hydrogens is 316 g/mol. The summed E-state index contributed by atoms with van der Waals surface area (Å²) in [5.74, 6) is 1.42. The van der Waals surface area contributed by atoms with Crippen LogP contribution in [-0.2, 0) is 9.59 Å². The SMILES string of the molecule is CC1CC(C)CN(C(=O)CN2CCN(C(=O)[C@@H](N)C(C)(C)C)CC2)C1. The molecule has 0 radical (unpaired) electrons. The summed E-state index contributed by atoms with van der Waals surface area (Å²) in [6, 6.07) is -0.475. The van der Waals surface area contributed by atoms with Gasteiger partial charge in [0.2, 0.25) is 11.8 Å². The molecule has 6 nitrogen and oxygen atoms in total. The first-order valence-electron chi connectivity index (χ1n) is 9.62. The quantitative estimate of drug-likeness (QED) is 0.823. The number of carbonyl (C=O) groups excluding carboxylic acids is 2. The summed E-state index contributed by atoms with van der Waals surface area (Å²) < 4.78 is 0. The summed E-state index contributed by atoms with van der Waals surface area (Å²) in [7, 11) is 0. The van der Waals surface area contributed by atoms with Crippen LogP contribution in [0, 0.1) is 17.3 Å². The van der Waals surface area contributed by atoms with Gasteiger partial charge in [0, 0.05) is 39.3 Å². The summed E-state index contributed by atoms with van der Waals surface area (Å²) >= 11 is 0. The molecule has 2 fully saturated rings. The van der Waals surface area contributed by atoms with Gasteiger partial charge in [0.1, 0.15) is 0 Å². The fraction of sp³-hybridized carbons (Fsp3) is 0.895. The minimum Gasteiger partial charge on any atom is -0.341 e. The van der Waals surface area contributed by atoms with Crippen LogP contribution in [0.1, 0.15) is 41.0 Å². The van der Waals surface area contributed by atoms with Gasteiger partial charge in [-0.2, -0.15) is 0 Å². The van der Waals surface area contributed by atoms with E-state index in [9.17, 15) is 9.59 Å². The summed E-state index contributed by atoms with van der Waals surface area (Å²) in [5, 5.41) is 0. The maximum absolute atomic E-state index is 12.6. The number of hydrogen-bond acceptors (Lipinski definition) is 4. The van der Waals surface area contributed by atoms with E-state index in [0.717, 1.165) is 26.2 Å². The van der Waals surface area contributed by atoms with Crippen LogP contribution in [0.5, 0.6) is 0 Å². The van der Waals surface area contributed by atoms with Crippen molar-refractivity contribution in [3.05, 3.63) is 0 Å². The lowest BCUT2D eigenvalue weighted by molar-refractivity contribution is -0.138. The van der Waals surface area contributed by atoms with E-state index in [1.54, 1.807) is 0 Å². The molecule has 2 N–H and O–H groups in total. The Morgan fingerprint density at radius 3 is 2.00 bits per heavy atom. The highest BCUT2D eigenvalue weighted by molar-refractivity contribution is 5.82. The molecule has 0 spiro atoms. The number of nitrogens with zero attached hydrogens (tertiary/aromatic N) is 3. The molecule has 2 aliphatic rings. The largest absolute Gasteiger partial charge is 0.341 e. The minimum absolute atomic E-state index is 0.0251. The molecular formula is C19H36N4O2. The first-order chi connectivity index (χ1) is 11.6. The third-order valence-electron chi connectivity index (χ3n) is 5.46. The summed E-state index contributed by atoms with van der Waals surface area (Å²) in [6.45, 7) is 15.4. The van der Waals surface area contributed by atoms with Crippen LogP contribution in [0.15, 0.2) is 0 Å². The van der Waals surface area contributed by atoms with Gasteiger partial charge >= 0.3 is 0 Å². The molecule has 0 aromatic heterocycles. The highest BCUT2D eigenvalue weighted by Gasteiger charge is 2.33. The topological polar surface area (TPSA) is 69.9 Å². The maximum atomic E-state index is 12.6. The second kappa shape index (κ2) is 8.04. The lowest BCUT2D eigenvalue weighted by Gasteiger charge is -2.39. The van der Waals surface area contributed by atoms with Gasteiger partial charge in [0.05, 0.1) is 12.6 Å². The van der Waals surface area contributed by atoms with Crippen molar-refractivity contribution in [2.45, 2.75) is 47.1 Å². The average Bonchev–Trinajstić information content (AvgIpc) is 2.52. The molecule has 0 aliphatic carbocycles. The number of likely N-dealkylation sites (tertiary alicyclic amines) is 1. The number of amides is 2. The zero-order chi connectivity index (χ0) is 18.8. The lowest BCUT2D eigenvalue weighted by Crippen LogP contribution is -2.57. The first-order valence-corrected chi connectivity index (χ1v) is 9.62. The Hall–Kier alpha value is -1.14. The molecule has 0 bridgehead atoms. The van der Waals surface area contributed by atoms with Crippen LogP contribution in [0.25, 0.3) is 0 Å². The molecule has 6 heteroatoms. The van der Waals surface area contributed by atoms with E-state index in [1.165, 1.54) is 6.42 Å². The molecule has 3 atom stereocenters. The van der Waals surface area contributed by atoms with Gasteiger partial charge in [0.15, 0.2) is 0 Å². The smallest absolute Gasteiger partial charge is 0.240 e. The molecule has 2 amide bonds. The van der Waals surface area contributed by atoms with Crippen molar-refractivity contribution in [1.82, 2.24) is 14.7 Å². The number of piperidine rings is 1. The summed E-state index contributed by atoms with van der Waals surface area (Å²) in [5.41, 5.74) is 5.87. The number of carbonyl (C=O) groups is 2. The minimum atomic E-state index is -0.475. The van der Waals surface area contributed by atoms with Crippen LogP contribution >= 0.6 is 0 Å². The van der Waals surface area contributed by atoms with Gasteiger partial charge in [-0.05, 0) is 23.7 Å². The molecule has 0 saturated carbocycles. The Labute approximate surface area is 152 Å². The Morgan fingerprint density at radius 2 is 1.52 bits per heavy atom. The Morgan fingerprint density at radius 1 is 1.00 bits per heavy atom. The van der Waals surface area contributed by atoms with Crippen LogP contribution in [0.4, 0.5) is 0 Å². The average molecular weight is 353 g/mol. The van der Waals surface area contributed by atoms with E-state index in [1.807, 2.05) is 30.6 Å². The van der Waals surface area contributed by atoms with Gasteiger partial charge in [-0.15, -0.1) is 0 Å². The van der Waals surface area contributed by atoms with Gasteiger partial charge in [-0.3, -0.25) is 14.5 Å². The molecule has 144 valence electrons. The van der Waals surface area contributed by atoms with Gasteiger partial charge in [-0.1, -0.05) is 34.6 Å². The third-order valence-corrected chi connectivity index (χ3v) is 5.46. The third kappa shape index (κ3) is 5.42. The van der Waals surface area contributed by atoms with Gasteiger partial charge in [0.25, 0.3) is 0 Å². The zero-order valence-corrected chi connectivity index (χ0v) is 16.6. The monoisotopic (exact) mass is 352 g/mol. The molecule has 2 aliphatic heterocycles. The standard InChI is InChI=1S/C19H36N4O2/c1-14-10-15(2)12-23(11-14)16(24)13-21-6-8-22(9-7-21)18(25)17(20)19(3,4)5/h14-15,17H,6-13,20H2,1-5H3/t14?,15?,17-/m1/s1. The summed E-state index contributed by atoms with van der Waals surface area (Å²) in [4.78, 5) is 31.1. The number of hydrogen-bond donors (Lipinski definition) is 1. The highest BCUT2D eigenvalue weighted by atomic mass is 16.2. The van der Waals surface area contributed by atoms with Gasteiger partial charge < -0.3 is 15.5 Å². The summed E-state index contributed by atoms with van der Waals surface area (Å²) in [6.07, 6.45) is 1.21. The zero-order valence-electron chi connectivity index (χ0n) is 16.6. The highest BCUT2D eigenvalue weighted by Crippen LogP contribution is 2.22. The van der Waals surface area contributed by atoms with E-state index < -0.39 is 6.04 Å². The molecule has 0 aromatic carbocycles. The van der Waals surface area contributed by atoms with Crippen molar-refractivity contribution in [3.63, 3.8) is 0 Å². The lowest BCUT2D eigenvalue weighted by atomic mass is 9.86. The van der Waals surface area contributed by atoms with Crippen molar-refractivity contribution in [1.29, 1.82) is 0 Å². The Kier molecular flexibility index (Phi) is 6.49. The van der Waals surface area contributed by atoms with Crippen LogP contribution in [0.3, 0.4) is 0 Å². The molecule has 25 heavy (non-hydrogen) atoms. The van der Waals surface area contributed by atoms with Crippen molar-refractivity contribution in [3.8, 4) is 0 Å². The Bertz CT molecular complexity index is 470. The van der Waals surface area contributed by atoms with E-state index in [2.05, 4.69) is 18.7 Å². The number of rotatable bonds is 3. The first kappa shape index (κ1) is 20.2.